The number of rotatable bonds is 4. The molecule has 2 aromatic carbocycles. The third kappa shape index (κ3) is 3.33. The van der Waals surface area contributed by atoms with E-state index in [9.17, 15) is 9.59 Å². The molecule has 4 rings (SSSR count). The fourth-order valence-electron chi connectivity index (χ4n) is 2.93. The van der Waals surface area contributed by atoms with Gasteiger partial charge in [-0.1, -0.05) is 35.3 Å². The van der Waals surface area contributed by atoms with Gasteiger partial charge in [-0.2, -0.15) is 0 Å². The number of anilines is 2. The van der Waals surface area contributed by atoms with Gasteiger partial charge < -0.3 is 5.32 Å². The quantitative estimate of drug-likeness (QED) is 0.537. The molecule has 0 saturated carbocycles. The second-order valence-electron chi connectivity index (χ2n) is 6.24. The van der Waals surface area contributed by atoms with E-state index in [1.807, 2.05) is 36.6 Å². The van der Waals surface area contributed by atoms with Crippen molar-refractivity contribution in [3.05, 3.63) is 86.2 Å². The second-order valence-corrected chi connectivity index (χ2v) is 8.03. The van der Waals surface area contributed by atoms with Gasteiger partial charge in [-0.15, -0.1) is 11.3 Å². The van der Waals surface area contributed by atoms with Crippen molar-refractivity contribution in [2.24, 2.45) is 0 Å². The number of halogens is 2. The Morgan fingerprint density at radius 2 is 1.71 bits per heavy atom. The van der Waals surface area contributed by atoms with E-state index in [2.05, 4.69) is 5.32 Å². The van der Waals surface area contributed by atoms with Crippen LogP contribution in [0.2, 0.25) is 10.0 Å². The Morgan fingerprint density at radius 1 is 0.964 bits per heavy atom. The van der Waals surface area contributed by atoms with Crippen LogP contribution >= 0.6 is 34.5 Å². The number of thiophene rings is 1. The first-order valence-electron chi connectivity index (χ1n) is 8.41. The molecule has 4 nitrogen and oxygen atoms in total. The average Bonchev–Trinajstić information content (AvgIpc) is 3.27. The number of nitrogens with zero attached hydrogens (tertiary/aromatic N) is 1. The van der Waals surface area contributed by atoms with E-state index in [0.29, 0.717) is 27.0 Å². The van der Waals surface area contributed by atoms with Crippen LogP contribution in [0, 0.1) is 6.92 Å². The van der Waals surface area contributed by atoms with Gasteiger partial charge in [0.15, 0.2) is 0 Å². The Bertz CT molecular complexity index is 1110. The standard InChI is InChI=1S/C21H14Cl2N2O2S/c1-12-4-7-14(11-16(12)23)24-19-18(17-3-2-10-28-17)20(26)25(21(19)27)15-8-5-13(22)6-9-15/h2-11,24H,1H3. The monoisotopic (exact) mass is 428 g/mol. The minimum absolute atomic E-state index is 0.224. The predicted molar refractivity (Wildman–Crippen MR) is 115 cm³/mol. The van der Waals surface area contributed by atoms with Gasteiger partial charge in [-0.25, -0.2) is 4.90 Å². The summed E-state index contributed by atoms with van der Waals surface area (Å²) in [7, 11) is 0. The Hall–Kier alpha value is -2.60. The van der Waals surface area contributed by atoms with Crippen LogP contribution in [0.4, 0.5) is 11.4 Å². The summed E-state index contributed by atoms with van der Waals surface area (Å²) in [5.41, 5.74) is 2.59. The van der Waals surface area contributed by atoms with E-state index in [-0.39, 0.29) is 11.6 Å². The van der Waals surface area contributed by atoms with Crippen molar-refractivity contribution in [2.75, 3.05) is 10.2 Å². The SMILES string of the molecule is Cc1ccc(NC2=C(c3cccs3)C(=O)N(c3ccc(Cl)cc3)C2=O)cc1Cl. The molecule has 0 unspecified atom stereocenters. The van der Waals surface area contributed by atoms with E-state index in [1.165, 1.54) is 11.3 Å². The molecule has 0 spiro atoms. The number of imide groups is 1. The Kier molecular flexibility index (Phi) is 4.98. The molecule has 0 atom stereocenters. The van der Waals surface area contributed by atoms with Gasteiger partial charge in [-0.3, -0.25) is 9.59 Å². The third-order valence-electron chi connectivity index (χ3n) is 4.38. The third-order valence-corrected chi connectivity index (χ3v) is 5.92. The maximum atomic E-state index is 13.2. The summed E-state index contributed by atoms with van der Waals surface area (Å²) < 4.78 is 0. The van der Waals surface area contributed by atoms with E-state index in [4.69, 9.17) is 23.2 Å². The van der Waals surface area contributed by atoms with Crippen LogP contribution in [-0.4, -0.2) is 11.8 Å². The minimum Gasteiger partial charge on any atom is -0.350 e. The number of nitrogens with one attached hydrogen (secondary N) is 1. The highest BCUT2D eigenvalue weighted by molar-refractivity contribution is 7.11. The summed E-state index contributed by atoms with van der Waals surface area (Å²) in [6.45, 7) is 1.90. The maximum absolute atomic E-state index is 13.2. The molecule has 0 fully saturated rings. The molecule has 0 bridgehead atoms. The lowest BCUT2D eigenvalue weighted by Gasteiger charge is -2.15. The number of hydrogen-bond acceptors (Lipinski definition) is 4. The first-order valence-corrected chi connectivity index (χ1v) is 10.0. The van der Waals surface area contributed by atoms with E-state index in [1.54, 1.807) is 30.3 Å². The van der Waals surface area contributed by atoms with Crippen molar-refractivity contribution in [1.82, 2.24) is 0 Å². The number of carbonyl (C=O) groups is 2. The van der Waals surface area contributed by atoms with Gasteiger partial charge in [0.05, 0.1) is 11.3 Å². The largest absolute Gasteiger partial charge is 0.350 e. The number of amides is 2. The average molecular weight is 429 g/mol. The molecule has 1 aromatic heterocycles. The van der Waals surface area contributed by atoms with Gasteiger partial charge in [-0.05, 0) is 60.3 Å². The molecule has 0 aliphatic carbocycles. The molecule has 28 heavy (non-hydrogen) atoms. The molecule has 0 radical (unpaired) electrons. The molecule has 1 N–H and O–H groups in total. The topological polar surface area (TPSA) is 49.4 Å². The highest BCUT2D eigenvalue weighted by Crippen LogP contribution is 2.36. The molecule has 7 heteroatoms. The predicted octanol–water partition coefficient (Wildman–Crippen LogP) is 5.76. The van der Waals surface area contributed by atoms with Crippen molar-refractivity contribution in [2.45, 2.75) is 6.92 Å². The van der Waals surface area contributed by atoms with Gasteiger partial charge in [0.2, 0.25) is 0 Å². The van der Waals surface area contributed by atoms with Crippen molar-refractivity contribution in [3.63, 3.8) is 0 Å². The summed E-state index contributed by atoms with van der Waals surface area (Å²) in [5.74, 6) is -0.803. The van der Waals surface area contributed by atoms with E-state index >= 15 is 0 Å². The van der Waals surface area contributed by atoms with Crippen LogP contribution in [-0.2, 0) is 9.59 Å². The summed E-state index contributed by atoms with van der Waals surface area (Å²) in [6, 6.07) is 15.7. The highest BCUT2D eigenvalue weighted by Gasteiger charge is 2.40. The van der Waals surface area contributed by atoms with Crippen LogP contribution in [0.5, 0.6) is 0 Å². The lowest BCUT2D eigenvalue weighted by atomic mass is 10.1. The van der Waals surface area contributed by atoms with Crippen LogP contribution in [0.1, 0.15) is 10.4 Å². The van der Waals surface area contributed by atoms with Crippen LogP contribution < -0.4 is 10.2 Å². The van der Waals surface area contributed by atoms with Crippen molar-refractivity contribution in [1.29, 1.82) is 0 Å². The lowest BCUT2D eigenvalue weighted by molar-refractivity contribution is -0.120. The van der Waals surface area contributed by atoms with Gasteiger partial charge in [0.25, 0.3) is 11.8 Å². The Morgan fingerprint density at radius 3 is 2.36 bits per heavy atom. The summed E-state index contributed by atoms with van der Waals surface area (Å²) >= 11 is 13.6. The van der Waals surface area contributed by atoms with Gasteiger partial charge >= 0.3 is 0 Å². The number of carbonyl (C=O) groups excluding carboxylic acids is 2. The molecule has 2 heterocycles. The Labute approximate surface area is 176 Å². The maximum Gasteiger partial charge on any atom is 0.282 e. The zero-order valence-electron chi connectivity index (χ0n) is 14.7. The smallest absolute Gasteiger partial charge is 0.282 e. The molecule has 140 valence electrons. The zero-order chi connectivity index (χ0) is 19.8. The van der Waals surface area contributed by atoms with Crippen LogP contribution in [0.3, 0.4) is 0 Å². The van der Waals surface area contributed by atoms with Crippen molar-refractivity contribution >= 4 is 63.3 Å². The molecule has 0 saturated heterocycles. The van der Waals surface area contributed by atoms with Gasteiger partial charge in [0, 0.05) is 20.6 Å². The van der Waals surface area contributed by atoms with Gasteiger partial charge in [0.1, 0.15) is 5.70 Å². The number of hydrogen-bond donors (Lipinski definition) is 1. The summed E-state index contributed by atoms with van der Waals surface area (Å²) in [5, 5.41) is 6.08. The molecular weight excluding hydrogens is 415 g/mol. The molecule has 1 aliphatic heterocycles. The molecule has 3 aromatic rings. The summed E-state index contributed by atoms with van der Waals surface area (Å²) in [6.07, 6.45) is 0. The first-order chi connectivity index (χ1) is 13.5. The fraction of sp³-hybridized carbons (Fsp3) is 0.0476. The highest BCUT2D eigenvalue weighted by atomic mass is 35.5. The number of benzene rings is 2. The van der Waals surface area contributed by atoms with Crippen molar-refractivity contribution < 1.29 is 9.59 Å². The summed E-state index contributed by atoms with van der Waals surface area (Å²) in [4.78, 5) is 28.2. The molecular formula is C21H14Cl2N2O2S. The first kappa shape index (κ1) is 18.7. The molecule has 2 amide bonds. The second kappa shape index (κ2) is 7.43. The normalized spacial score (nSPS) is 14.2. The fourth-order valence-corrected chi connectivity index (χ4v) is 4.01. The zero-order valence-corrected chi connectivity index (χ0v) is 17.0. The number of aryl methyl sites for hydroxylation is 1. The van der Waals surface area contributed by atoms with Crippen molar-refractivity contribution in [3.8, 4) is 0 Å². The van der Waals surface area contributed by atoms with E-state index < -0.39 is 5.91 Å². The minimum atomic E-state index is -0.424. The van der Waals surface area contributed by atoms with E-state index in [0.717, 1.165) is 15.3 Å². The Balaban J connectivity index is 1.79. The van der Waals surface area contributed by atoms with Crippen LogP contribution in [0.25, 0.3) is 5.57 Å². The lowest BCUT2D eigenvalue weighted by Crippen LogP contribution is -2.32. The van der Waals surface area contributed by atoms with Crippen LogP contribution in [0.15, 0.2) is 65.7 Å². The molecule has 1 aliphatic rings.